The first-order valence-electron chi connectivity index (χ1n) is 5.20. The van der Waals surface area contributed by atoms with E-state index in [4.69, 9.17) is 5.11 Å². The van der Waals surface area contributed by atoms with Crippen molar-refractivity contribution in [3.63, 3.8) is 0 Å². The predicted molar refractivity (Wildman–Crippen MR) is 56.9 cm³/mol. The Morgan fingerprint density at radius 3 is 2.23 bits per heavy atom. The van der Waals surface area contributed by atoms with Crippen molar-refractivity contribution >= 4 is 23.7 Å². The van der Waals surface area contributed by atoms with Crippen LogP contribution >= 0.6 is 0 Å². The van der Waals surface area contributed by atoms with Gasteiger partial charge in [0.2, 0.25) is 0 Å². The molecule has 0 atom stereocenters. The number of hydrogen-bond acceptors (Lipinski definition) is 1. The third-order valence-electron chi connectivity index (χ3n) is 1.60. The maximum absolute atomic E-state index is 9.96. The van der Waals surface area contributed by atoms with Crippen molar-refractivity contribution in [1.29, 1.82) is 0 Å². The summed E-state index contributed by atoms with van der Waals surface area (Å²) in [5.74, 6) is -0.675. The standard InChI is InChI=1S/C6H11O2.C4H9.Li/c1-2-3-4-5-6(7)8;1-3-4-2;/h1-5H2,(H,7,8);1,3-4H2,2H3;. The summed E-state index contributed by atoms with van der Waals surface area (Å²) in [5.41, 5.74) is 0. The molecule has 0 unspecified atom stereocenters. The van der Waals surface area contributed by atoms with Gasteiger partial charge in [-0.15, -0.1) is 0 Å². The molecule has 0 fully saturated rings. The summed E-state index contributed by atoms with van der Waals surface area (Å²) < 4.78 is 0. The van der Waals surface area contributed by atoms with Gasteiger partial charge in [0.05, 0.1) is 0 Å². The third-order valence-corrected chi connectivity index (χ3v) is 1.60. The summed E-state index contributed by atoms with van der Waals surface area (Å²) in [5, 5.41) is 9.38. The van der Waals surface area contributed by atoms with Crippen LogP contribution in [0.15, 0.2) is 0 Å². The van der Waals surface area contributed by atoms with Crippen LogP contribution in [0.3, 0.4) is 0 Å². The van der Waals surface area contributed by atoms with E-state index >= 15 is 0 Å². The average molecular weight is 179 g/mol. The second-order valence-electron chi connectivity index (χ2n) is 3.06. The summed E-state index contributed by atoms with van der Waals surface area (Å²) in [6.45, 7) is 5.72. The molecule has 1 N–H and O–H groups in total. The SMILES string of the molecule is [CH2]CCC.[Li][CH2]CCCCC(=O)O. The Balaban J connectivity index is 0. The maximum atomic E-state index is 9.96. The molecule has 1 radical (unpaired) electrons. The van der Waals surface area contributed by atoms with Crippen molar-refractivity contribution in [3.8, 4) is 0 Å². The number of unbranched alkanes of at least 4 members (excludes halogenated alkanes) is 3. The molecule has 0 amide bonds. The second kappa shape index (κ2) is 14.6. The molecule has 3 heteroatoms. The van der Waals surface area contributed by atoms with Gasteiger partial charge in [-0.25, -0.2) is 0 Å². The fourth-order valence-corrected chi connectivity index (χ4v) is 0.703. The van der Waals surface area contributed by atoms with Gasteiger partial charge in [-0.05, 0) is 0 Å². The molecule has 0 rings (SSSR count). The Hall–Kier alpha value is 0.0674. The van der Waals surface area contributed by atoms with Crippen LogP contribution in [0.25, 0.3) is 0 Å². The molecule has 0 saturated carbocycles. The van der Waals surface area contributed by atoms with Gasteiger partial charge >= 0.3 is 64.4 Å². The molecule has 0 aliphatic heterocycles. The van der Waals surface area contributed by atoms with Gasteiger partial charge in [0.1, 0.15) is 0 Å². The zero-order valence-corrected chi connectivity index (χ0v) is 9.01. The predicted octanol–water partition coefficient (Wildman–Crippen LogP) is 2.84. The van der Waals surface area contributed by atoms with Crippen LogP contribution in [0.1, 0.15) is 45.4 Å². The number of hydrogen-bond donors (Lipinski definition) is 1. The van der Waals surface area contributed by atoms with Crippen LogP contribution in [0.4, 0.5) is 0 Å². The summed E-state index contributed by atoms with van der Waals surface area (Å²) >= 11 is 2.11. The van der Waals surface area contributed by atoms with E-state index in [0.29, 0.717) is 6.42 Å². The molecule has 13 heavy (non-hydrogen) atoms. The normalized spacial score (nSPS) is 8.92. The van der Waals surface area contributed by atoms with Gasteiger partial charge in [-0.3, -0.25) is 0 Å². The number of carboxylic acid groups (broad SMARTS) is 1. The molecule has 0 spiro atoms. The summed E-state index contributed by atoms with van der Waals surface area (Å²) in [6, 6.07) is 0. The molecule has 0 aromatic carbocycles. The first-order chi connectivity index (χ1) is 6.18. The van der Waals surface area contributed by atoms with Gasteiger partial charge in [-0.1, -0.05) is 26.7 Å². The van der Waals surface area contributed by atoms with Gasteiger partial charge in [0, 0.05) is 0 Å². The van der Waals surface area contributed by atoms with Crippen LogP contribution in [-0.2, 0) is 4.79 Å². The molecule has 0 aliphatic rings. The fraction of sp³-hybridized carbons (Fsp3) is 0.800. The Morgan fingerprint density at radius 2 is 1.92 bits per heavy atom. The zero-order chi connectivity index (χ0) is 10.5. The van der Waals surface area contributed by atoms with Crippen LogP contribution in [0.5, 0.6) is 0 Å². The van der Waals surface area contributed by atoms with E-state index in [1.165, 1.54) is 11.5 Å². The fourth-order valence-electron chi connectivity index (χ4n) is 0.703. The van der Waals surface area contributed by atoms with Crippen molar-refractivity contribution < 1.29 is 9.90 Å². The van der Waals surface area contributed by atoms with Gasteiger partial charge < -0.3 is 0 Å². The second-order valence-corrected chi connectivity index (χ2v) is 3.06. The average Bonchev–Trinajstić information content (AvgIpc) is 2.13. The van der Waals surface area contributed by atoms with Crippen LogP contribution < -0.4 is 0 Å². The van der Waals surface area contributed by atoms with Crippen LogP contribution in [0.2, 0.25) is 5.09 Å². The molecule has 0 heterocycles. The van der Waals surface area contributed by atoms with E-state index in [1.54, 1.807) is 0 Å². The van der Waals surface area contributed by atoms with E-state index in [1.807, 2.05) is 0 Å². The summed E-state index contributed by atoms with van der Waals surface area (Å²) in [6.07, 6.45) is 5.67. The van der Waals surface area contributed by atoms with Crippen molar-refractivity contribution in [2.45, 2.75) is 50.5 Å². The summed E-state index contributed by atoms with van der Waals surface area (Å²) in [7, 11) is 0. The summed E-state index contributed by atoms with van der Waals surface area (Å²) in [4.78, 5) is 9.96. The van der Waals surface area contributed by atoms with Crippen molar-refractivity contribution in [2.75, 3.05) is 0 Å². The van der Waals surface area contributed by atoms with E-state index < -0.39 is 5.97 Å². The van der Waals surface area contributed by atoms with Crippen LogP contribution in [-0.4, -0.2) is 28.8 Å². The molecule has 0 aliphatic carbocycles. The van der Waals surface area contributed by atoms with Crippen molar-refractivity contribution in [2.24, 2.45) is 0 Å². The topological polar surface area (TPSA) is 37.3 Å². The molecular weight excluding hydrogens is 159 g/mol. The number of aliphatic carboxylic acids is 1. The first kappa shape index (κ1) is 15.5. The molecule has 0 saturated heterocycles. The zero-order valence-electron chi connectivity index (χ0n) is 9.01. The first-order valence-corrected chi connectivity index (χ1v) is 5.20. The van der Waals surface area contributed by atoms with E-state index in [9.17, 15) is 4.79 Å². The Labute approximate surface area is 91.3 Å². The van der Waals surface area contributed by atoms with Crippen LogP contribution in [0, 0.1) is 6.92 Å². The molecule has 0 bridgehead atoms. The van der Waals surface area contributed by atoms with E-state index in [2.05, 4.69) is 31.6 Å². The van der Waals surface area contributed by atoms with Gasteiger partial charge in [0.15, 0.2) is 0 Å². The third kappa shape index (κ3) is 24.5. The quantitative estimate of drug-likeness (QED) is 0.503. The van der Waals surface area contributed by atoms with Crippen molar-refractivity contribution in [1.82, 2.24) is 0 Å². The molecule has 73 valence electrons. The minimum absolute atomic E-state index is 0.333. The molecule has 0 aromatic rings. The number of rotatable bonds is 6. The number of carbonyl (C=O) groups is 1. The molecular formula is C10H20LiO2. The van der Waals surface area contributed by atoms with Gasteiger partial charge in [-0.2, -0.15) is 0 Å². The minimum atomic E-state index is -0.675. The molecule has 0 aromatic heterocycles. The Bertz CT molecular complexity index is 103. The monoisotopic (exact) mass is 179 g/mol. The van der Waals surface area contributed by atoms with Gasteiger partial charge in [0.25, 0.3) is 0 Å². The Morgan fingerprint density at radius 1 is 1.38 bits per heavy atom. The molecule has 2 nitrogen and oxygen atoms in total. The van der Waals surface area contributed by atoms with Crippen molar-refractivity contribution in [3.05, 3.63) is 6.92 Å². The van der Waals surface area contributed by atoms with E-state index in [-0.39, 0.29) is 0 Å². The Kier molecular flexibility index (Phi) is 17.4. The van der Waals surface area contributed by atoms with E-state index in [0.717, 1.165) is 25.7 Å². The number of carboxylic acids is 1.